The van der Waals surface area contributed by atoms with Crippen LogP contribution in [-0.4, -0.2) is 19.2 Å². The Morgan fingerprint density at radius 2 is 1.75 bits per heavy atom. The van der Waals surface area contributed by atoms with Gasteiger partial charge in [-0.25, -0.2) is 4.79 Å². The maximum Gasteiger partial charge on any atom is 0.330 e. The van der Waals surface area contributed by atoms with Gasteiger partial charge in [-0.2, -0.15) is 0 Å². The quantitative estimate of drug-likeness (QED) is 0.559. The van der Waals surface area contributed by atoms with Crippen LogP contribution in [0.5, 0.6) is 5.75 Å². The summed E-state index contributed by atoms with van der Waals surface area (Å²) < 4.78 is 10.8. The number of carbonyl (C=O) groups excluding carboxylic acids is 1. The van der Waals surface area contributed by atoms with Crippen molar-refractivity contribution in [2.75, 3.05) is 13.2 Å². The van der Waals surface area contributed by atoms with E-state index in [0.717, 1.165) is 11.3 Å². The predicted octanol–water partition coefficient (Wildman–Crippen LogP) is 3.93. The normalized spacial score (nSPS) is 11.3. The standard InChI is InChI=1S/C17H24O3/c1-13(2)11-19-16-8-6-5-7-15(16)9-10-17(18)20-12-14(3)4/h5-10,13-14H,11-12H2,1-4H3/b10-9+. The summed E-state index contributed by atoms with van der Waals surface area (Å²) in [4.78, 5) is 11.5. The van der Waals surface area contributed by atoms with Crippen molar-refractivity contribution < 1.29 is 14.3 Å². The first-order valence-corrected chi connectivity index (χ1v) is 7.05. The summed E-state index contributed by atoms with van der Waals surface area (Å²) in [6, 6.07) is 7.66. The van der Waals surface area contributed by atoms with Gasteiger partial charge in [0.25, 0.3) is 0 Å². The molecule has 110 valence electrons. The third kappa shape index (κ3) is 6.41. The van der Waals surface area contributed by atoms with Gasteiger partial charge in [0, 0.05) is 11.6 Å². The Kier molecular flexibility index (Phi) is 6.85. The second kappa shape index (κ2) is 8.41. The Balaban J connectivity index is 2.64. The molecular weight excluding hydrogens is 252 g/mol. The molecule has 0 amide bonds. The van der Waals surface area contributed by atoms with Crippen LogP contribution >= 0.6 is 0 Å². The van der Waals surface area contributed by atoms with Crippen molar-refractivity contribution >= 4 is 12.0 Å². The molecule has 0 aliphatic carbocycles. The first-order chi connectivity index (χ1) is 9.49. The molecule has 3 heteroatoms. The number of ether oxygens (including phenoxy) is 2. The van der Waals surface area contributed by atoms with Gasteiger partial charge in [-0.15, -0.1) is 0 Å². The van der Waals surface area contributed by atoms with Gasteiger partial charge < -0.3 is 9.47 Å². The average molecular weight is 276 g/mol. The number of esters is 1. The second-order valence-electron chi connectivity index (χ2n) is 5.60. The van der Waals surface area contributed by atoms with E-state index in [1.807, 2.05) is 38.1 Å². The van der Waals surface area contributed by atoms with E-state index in [4.69, 9.17) is 9.47 Å². The Labute approximate surface area is 121 Å². The molecule has 0 bridgehead atoms. The smallest absolute Gasteiger partial charge is 0.330 e. The fraction of sp³-hybridized carbons (Fsp3) is 0.471. The molecule has 0 unspecified atom stereocenters. The highest BCUT2D eigenvalue weighted by molar-refractivity contribution is 5.87. The van der Waals surface area contributed by atoms with Crippen molar-refractivity contribution in [2.45, 2.75) is 27.7 Å². The van der Waals surface area contributed by atoms with Crippen LogP contribution in [0, 0.1) is 11.8 Å². The van der Waals surface area contributed by atoms with Crippen molar-refractivity contribution in [1.29, 1.82) is 0 Å². The zero-order valence-electron chi connectivity index (χ0n) is 12.8. The first-order valence-electron chi connectivity index (χ1n) is 7.05. The van der Waals surface area contributed by atoms with Crippen LogP contribution < -0.4 is 4.74 Å². The molecule has 20 heavy (non-hydrogen) atoms. The van der Waals surface area contributed by atoms with Gasteiger partial charge in [-0.05, 0) is 24.0 Å². The Hall–Kier alpha value is -1.77. The minimum Gasteiger partial charge on any atom is -0.493 e. The maximum atomic E-state index is 11.5. The molecule has 1 rings (SSSR count). The molecule has 0 radical (unpaired) electrons. The average Bonchev–Trinajstić information content (AvgIpc) is 2.41. The predicted molar refractivity (Wildman–Crippen MR) is 81.6 cm³/mol. The molecular formula is C17H24O3. The summed E-state index contributed by atoms with van der Waals surface area (Å²) >= 11 is 0. The minimum atomic E-state index is -0.322. The summed E-state index contributed by atoms with van der Waals surface area (Å²) in [7, 11) is 0. The second-order valence-corrected chi connectivity index (χ2v) is 5.60. The number of hydrogen-bond acceptors (Lipinski definition) is 3. The lowest BCUT2D eigenvalue weighted by Crippen LogP contribution is -2.07. The van der Waals surface area contributed by atoms with Crippen molar-refractivity contribution in [1.82, 2.24) is 0 Å². The fourth-order valence-electron chi connectivity index (χ4n) is 1.46. The van der Waals surface area contributed by atoms with Gasteiger partial charge in [-0.1, -0.05) is 45.9 Å². The summed E-state index contributed by atoms with van der Waals surface area (Å²) in [6.45, 7) is 9.30. The Morgan fingerprint density at radius 1 is 1.10 bits per heavy atom. The van der Waals surface area contributed by atoms with Crippen LogP contribution in [0.4, 0.5) is 0 Å². The van der Waals surface area contributed by atoms with Crippen molar-refractivity contribution in [3.05, 3.63) is 35.9 Å². The van der Waals surface area contributed by atoms with Gasteiger partial charge in [-0.3, -0.25) is 0 Å². The number of rotatable bonds is 7. The van der Waals surface area contributed by atoms with E-state index in [1.165, 1.54) is 6.08 Å². The van der Waals surface area contributed by atoms with E-state index < -0.39 is 0 Å². The van der Waals surface area contributed by atoms with Crippen LogP contribution in [0.25, 0.3) is 6.08 Å². The van der Waals surface area contributed by atoms with Gasteiger partial charge in [0.2, 0.25) is 0 Å². The van der Waals surface area contributed by atoms with Crippen LogP contribution in [0.3, 0.4) is 0 Å². The summed E-state index contributed by atoms with van der Waals surface area (Å²) in [5, 5.41) is 0. The fourth-order valence-corrected chi connectivity index (χ4v) is 1.46. The molecule has 0 heterocycles. The molecule has 0 spiro atoms. The lowest BCUT2D eigenvalue weighted by atomic mass is 10.2. The highest BCUT2D eigenvalue weighted by Crippen LogP contribution is 2.20. The molecule has 0 atom stereocenters. The molecule has 0 aliphatic rings. The van der Waals surface area contributed by atoms with Gasteiger partial charge in [0.1, 0.15) is 5.75 Å². The van der Waals surface area contributed by atoms with Crippen LogP contribution in [0.2, 0.25) is 0 Å². The van der Waals surface area contributed by atoms with Crippen molar-refractivity contribution in [3.8, 4) is 5.75 Å². The first kappa shape index (κ1) is 16.3. The van der Waals surface area contributed by atoms with Crippen LogP contribution in [0.15, 0.2) is 30.3 Å². The molecule has 1 aromatic carbocycles. The monoisotopic (exact) mass is 276 g/mol. The Morgan fingerprint density at radius 3 is 2.40 bits per heavy atom. The highest BCUT2D eigenvalue weighted by atomic mass is 16.5. The molecule has 0 saturated carbocycles. The van der Waals surface area contributed by atoms with Crippen molar-refractivity contribution in [3.63, 3.8) is 0 Å². The SMILES string of the molecule is CC(C)COC(=O)/C=C/c1ccccc1OCC(C)C. The van der Waals surface area contributed by atoms with Crippen molar-refractivity contribution in [2.24, 2.45) is 11.8 Å². The number of hydrogen-bond donors (Lipinski definition) is 0. The zero-order chi connectivity index (χ0) is 15.0. The van der Waals surface area contributed by atoms with Crippen LogP contribution in [-0.2, 0) is 9.53 Å². The topological polar surface area (TPSA) is 35.5 Å². The van der Waals surface area contributed by atoms with E-state index in [-0.39, 0.29) is 5.97 Å². The third-order valence-electron chi connectivity index (χ3n) is 2.45. The lowest BCUT2D eigenvalue weighted by Gasteiger charge is -2.11. The van der Waals surface area contributed by atoms with Gasteiger partial charge in [0.05, 0.1) is 13.2 Å². The largest absolute Gasteiger partial charge is 0.493 e. The third-order valence-corrected chi connectivity index (χ3v) is 2.45. The maximum absolute atomic E-state index is 11.5. The van der Waals surface area contributed by atoms with E-state index in [1.54, 1.807) is 6.08 Å². The summed E-state index contributed by atoms with van der Waals surface area (Å²) in [5.41, 5.74) is 0.884. The number of para-hydroxylation sites is 1. The van der Waals surface area contributed by atoms with E-state index in [0.29, 0.717) is 25.0 Å². The van der Waals surface area contributed by atoms with Gasteiger partial charge in [0.15, 0.2) is 0 Å². The highest BCUT2D eigenvalue weighted by Gasteiger charge is 2.03. The molecule has 3 nitrogen and oxygen atoms in total. The number of carbonyl (C=O) groups is 1. The van der Waals surface area contributed by atoms with Crippen LogP contribution in [0.1, 0.15) is 33.3 Å². The zero-order valence-corrected chi connectivity index (χ0v) is 12.8. The Bertz CT molecular complexity index is 447. The molecule has 0 fully saturated rings. The minimum absolute atomic E-state index is 0.322. The number of benzene rings is 1. The summed E-state index contributed by atoms with van der Waals surface area (Å²) in [5.74, 6) is 1.27. The summed E-state index contributed by atoms with van der Waals surface area (Å²) in [6.07, 6.45) is 3.18. The van der Waals surface area contributed by atoms with E-state index in [9.17, 15) is 4.79 Å². The van der Waals surface area contributed by atoms with E-state index in [2.05, 4.69) is 13.8 Å². The molecule has 0 aromatic heterocycles. The molecule has 0 N–H and O–H groups in total. The lowest BCUT2D eigenvalue weighted by molar-refractivity contribution is -0.138. The molecule has 1 aromatic rings. The van der Waals surface area contributed by atoms with Gasteiger partial charge >= 0.3 is 5.97 Å². The molecule has 0 saturated heterocycles. The van der Waals surface area contributed by atoms with E-state index >= 15 is 0 Å². The molecule has 0 aliphatic heterocycles.